The molecule has 0 aliphatic heterocycles. The summed E-state index contributed by atoms with van der Waals surface area (Å²) in [6.07, 6.45) is 4.58. The van der Waals surface area contributed by atoms with E-state index in [1.807, 2.05) is 11.7 Å². The van der Waals surface area contributed by atoms with Crippen LogP contribution in [0.3, 0.4) is 0 Å². The lowest BCUT2D eigenvalue weighted by Gasteiger charge is -2.19. The number of rotatable bonds is 8. The molecule has 5 heteroatoms. The lowest BCUT2D eigenvalue weighted by Crippen LogP contribution is -2.43. The lowest BCUT2D eigenvalue weighted by atomic mass is 9.90. The summed E-state index contributed by atoms with van der Waals surface area (Å²) in [6, 6.07) is 0.314. The highest BCUT2D eigenvalue weighted by atomic mass is 15.3. The maximum Gasteiger partial charge on any atom is 0.191 e. The monoisotopic (exact) mass is 349 g/mol. The van der Waals surface area contributed by atoms with Crippen LogP contribution >= 0.6 is 0 Å². The minimum Gasteiger partial charge on any atom is -0.357 e. The summed E-state index contributed by atoms with van der Waals surface area (Å²) < 4.78 is 1.96. The number of aryl methyl sites for hydroxylation is 2. The van der Waals surface area contributed by atoms with Crippen LogP contribution in [-0.4, -0.2) is 34.9 Å². The predicted molar refractivity (Wildman–Crippen MR) is 108 cm³/mol. The molecule has 2 N–H and O–H groups in total. The Morgan fingerprint density at radius 2 is 1.92 bits per heavy atom. The molecule has 0 fully saturated rings. The molecule has 0 saturated carbocycles. The molecular formula is C20H39N5. The smallest absolute Gasteiger partial charge is 0.191 e. The highest BCUT2D eigenvalue weighted by Crippen LogP contribution is 2.21. The van der Waals surface area contributed by atoms with Gasteiger partial charge in [0.15, 0.2) is 5.96 Å². The Hall–Kier alpha value is -1.52. The van der Waals surface area contributed by atoms with Gasteiger partial charge in [0.05, 0.1) is 5.69 Å². The number of guanidine groups is 1. The van der Waals surface area contributed by atoms with E-state index in [0.29, 0.717) is 11.5 Å². The van der Waals surface area contributed by atoms with E-state index >= 15 is 0 Å². The number of aliphatic imine (C=N–C) groups is 1. The van der Waals surface area contributed by atoms with Crippen molar-refractivity contribution in [2.75, 3.05) is 13.1 Å². The fraction of sp³-hybridized carbons (Fsp3) is 0.800. The van der Waals surface area contributed by atoms with Gasteiger partial charge in [-0.15, -0.1) is 0 Å². The fourth-order valence-corrected chi connectivity index (χ4v) is 2.98. The van der Waals surface area contributed by atoms with E-state index in [1.165, 1.54) is 24.1 Å². The zero-order chi connectivity index (χ0) is 19.0. The third-order valence-corrected chi connectivity index (χ3v) is 4.50. The van der Waals surface area contributed by atoms with Gasteiger partial charge in [-0.3, -0.25) is 9.67 Å². The van der Waals surface area contributed by atoms with Crippen molar-refractivity contribution >= 4 is 5.96 Å². The van der Waals surface area contributed by atoms with Crippen LogP contribution in [0.5, 0.6) is 0 Å². The predicted octanol–water partition coefficient (Wildman–Crippen LogP) is 3.74. The van der Waals surface area contributed by atoms with E-state index < -0.39 is 0 Å². The van der Waals surface area contributed by atoms with E-state index in [4.69, 9.17) is 4.99 Å². The van der Waals surface area contributed by atoms with E-state index in [-0.39, 0.29) is 0 Å². The van der Waals surface area contributed by atoms with Crippen LogP contribution in [0.15, 0.2) is 4.99 Å². The molecule has 1 aromatic heterocycles. The fourth-order valence-electron chi connectivity index (χ4n) is 2.98. The molecule has 0 spiro atoms. The third kappa shape index (κ3) is 7.93. The van der Waals surface area contributed by atoms with Crippen LogP contribution in [0, 0.1) is 19.3 Å². The number of nitrogens with one attached hydrogen (secondary N) is 2. The SMILES string of the molecule is CCNC(=NCCCCC(C)(C)C)NC(C)Cc1c(C)nn(C)c1C. The first kappa shape index (κ1) is 21.5. The molecule has 0 aliphatic rings. The third-order valence-electron chi connectivity index (χ3n) is 4.50. The van der Waals surface area contributed by atoms with E-state index in [1.54, 1.807) is 0 Å². The maximum absolute atomic E-state index is 4.74. The Kier molecular flexibility index (Phi) is 8.46. The molecule has 1 heterocycles. The summed E-state index contributed by atoms with van der Waals surface area (Å²) in [6.45, 7) is 17.2. The van der Waals surface area contributed by atoms with E-state index in [2.05, 4.69) is 64.2 Å². The van der Waals surface area contributed by atoms with Gasteiger partial charge in [0.2, 0.25) is 0 Å². The van der Waals surface area contributed by atoms with Crippen LogP contribution in [0.1, 0.15) is 70.8 Å². The molecule has 0 amide bonds. The second-order valence-corrected chi connectivity index (χ2v) is 8.30. The Balaban J connectivity index is 2.53. The number of hydrogen-bond acceptors (Lipinski definition) is 2. The molecule has 1 unspecified atom stereocenters. The Morgan fingerprint density at radius 3 is 2.44 bits per heavy atom. The van der Waals surface area contributed by atoms with Gasteiger partial charge in [-0.1, -0.05) is 27.2 Å². The van der Waals surface area contributed by atoms with Gasteiger partial charge in [-0.25, -0.2) is 0 Å². The number of unbranched alkanes of at least 4 members (excludes halogenated alkanes) is 1. The second-order valence-electron chi connectivity index (χ2n) is 8.30. The molecule has 5 nitrogen and oxygen atoms in total. The molecule has 144 valence electrons. The van der Waals surface area contributed by atoms with Gasteiger partial charge in [0, 0.05) is 31.9 Å². The highest BCUT2D eigenvalue weighted by molar-refractivity contribution is 5.80. The number of hydrogen-bond donors (Lipinski definition) is 2. The molecule has 1 rings (SSSR count). The Bertz CT molecular complexity index is 551. The Labute approximate surface area is 154 Å². The quantitative estimate of drug-likeness (QED) is 0.427. The molecular weight excluding hydrogens is 310 g/mol. The van der Waals surface area contributed by atoms with Crippen molar-refractivity contribution < 1.29 is 0 Å². The molecule has 0 aliphatic carbocycles. The molecule has 0 aromatic carbocycles. The van der Waals surface area contributed by atoms with Crippen molar-refractivity contribution in [3.8, 4) is 0 Å². The normalized spacial score (nSPS) is 13.8. The molecule has 1 atom stereocenters. The van der Waals surface area contributed by atoms with Gasteiger partial charge >= 0.3 is 0 Å². The summed E-state index contributed by atoms with van der Waals surface area (Å²) in [5.74, 6) is 0.921. The van der Waals surface area contributed by atoms with Crippen LogP contribution in [0.4, 0.5) is 0 Å². The molecule has 0 radical (unpaired) electrons. The van der Waals surface area contributed by atoms with Crippen molar-refractivity contribution in [2.24, 2.45) is 17.5 Å². The average molecular weight is 350 g/mol. The molecule has 0 bridgehead atoms. The number of nitrogens with zero attached hydrogens (tertiary/aromatic N) is 3. The number of aromatic nitrogens is 2. The topological polar surface area (TPSA) is 54.2 Å². The zero-order valence-electron chi connectivity index (χ0n) is 17.7. The van der Waals surface area contributed by atoms with Crippen LogP contribution in [0.2, 0.25) is 0 Å². The maximum atomic E-state index is 4.74. The van der Waals surface area contributed by atoms with E-state index in [9.17, 15) is 0 Å². The van der Waals surface area contributed by atoms with Crippen molar-refractivity contribution in [3.63, 3.8) is 0 Å². The first-order valence-electron chi connectivity index (χ1n) is 9.68. The van der Waals surface area contributed by atoms with Crippen molar-refractivity contribution in [2.45, 2.75) is 80.2 Å². The summed E-state index contributed by atoms with van der Waals surface area (Å²) in [7, 11) is 2.01. The van der Waals surface area contributed by atoms with Gasteiger partial charge in [0.25, 0.3) is 0 Å². The Morgan fingerprint density at radius 1 is 1.24 bits per heavy atom. The average Bonchev–Trinajstić information content (AvgIpc) is 2.72. The van der Waals surface area contributed by atoms with Gasteiger partial charge < -0.3 is 10.6 Å². The van der Waals surface area contributed by atoms with Gasteiger partial charge in [0.1, 0.15) is 0 Å². The standard InChI is InChI=1S/C20H39N5/c1-9-21-19(22-13-11-10-12-20(5,6)7)23-15(2)14-18-16(3)24-25(8)17(18)4/h15H,9-14H2,1-8H3,(H2,21,22,23). The van der Waals surface area contributed by atoms with Crippen molar-refractivity contribution in [1.29, 1.82) is 0 Å². The van der Waals surface area contributed by atoms with Gasteiger partial charge in [-0.05, 0) is 57.9 Å². The first-order valence-corrected chi connectivity index (χ1v) is 9.68. The van der Waals surface area contributed by atoms with Crippen LogP contribution < -0.4 is 10.6 Å². The van der Waals surface area contributed by atoms with Gasteiger partial charge in [-0.2, -0.15) is 5.10 Å². The second kappa shape index (κ2) is 9.83. The summed E-state index contributed by atoms with van der Waals surface area (Å²) in [5.41, 5.74) is 4.12. The zero-order valence-corrected chi connectivity index (χ0v) is 17.7. The molecule has 1 aromatic rings. The summed E-state index contributed by atoms with van der Waals surface area (Å²) >= 11 is 0. The minimum atomic E-state index is 0.314. The summed E-state index contributed by atoms with van der Waals surface area (Å²) in [5, 5.41) is 11.4. The minimum absolute atomic E-state index is 0.314. The van der Waals surface area contributed by atoms with E-state index in [0.717, 1.165) is 37.6 Å². The van der Waals surface area contributed by atoms with Crippen molar-refractivity contribution in [3.05, 3.63) is 17.0 Å². The van der Waals surface area contributed by atoms with Crippen LogP contribution in [0.25, 0.3) is 0 Å². The highest BCUT2D eigenvalue weighted by Gasteiger charge is 2.14. The molecule has 0 saturated heterocycles. The lowest BCUT2D eigenvalue weighted by molar-refractivity contribution is 0.361. The van der Waals surface area contributed by atoms with Crippen LogP contribution in [-0.2, 0) is 13.5 Å². The largest absolute Gasteiger partial charge is 0.357 e. The molecule has 25 heavy (non-hydrogen) atoms. The van der Waals surface area contributed by atoms with Crippen molar-refractivity contribution in [1.82, 2.24) is 20.4 Å². The summed E-state index contributed by atoms with van der Waals surface area (Å²) in [4.78, 5) is 4.74. The first-order chi connectivity index (χ1) is 11.6.